The van der Waals surface area contributed by atoms with Crippen LogP contribution in [0.5, 0.6) is 0 Å². The molecule has 0 bridgehead atoms. The van der Waals surface area contributed by atoms with Gasteiger partial charge in [-0.2, -0.15) is 0 Å². The first-order valence-electron chi connectivity index (χ1n) is 9.00. The van der Waals surface area contributed by atoms with E-state index in [-0.39, 0.29) is 0 Å². The molecule has 0 aliphatic heterocycles. The van der Waals surface area contributed by atoms with Gasteiger partial charge in [-0.05, 0) is 31.9 Å². The maximum Gasteiger partial charge on any atom is 0.226 e. The lowest BCUT2D eigenvalue weighted by molar-refractivity contribution is 0.462. The van der Waals surface area contributed by atoms with E-state index >= 15 is 0 Å². The second-order valence-electron chi connectivity index (χ2n) is 6.65. The minimum absolute atomic E-state index is 0.558. The second-order valence-corrected chi connectivity index (χ2v) is 8.85. The zero-order valence-corrected chi connectivity index (χ0v) is 16.4. The summed E-state index contributed by atoms with van der Waals surface area (Å²) in [6.07, 6.45) is 8.19. The summed E-state index contributed by atoms with van der Waals surface area (Å²) in [4.78, 5) is 4.58. The largest absolute Gasteiger partial charge is 0.444 e. The predicted octanol–water partition coefficient (Wildman–Crippen LogP) is 5.54. The Balaban J connectivity index is 1.32. The number of anilines is 1. The highest BCUT2D eigenvalue weighted by molar-refractivity contribution is 8.00. The molecule has 1 aliphatic carbocycles. The van der Waals surface area contributed by atoms with E-state index in [4.69, 9.17) is 4.42 Å². The number of benzene rings is 1. The van der Waals surface area contributed by atoms with E-state index in [0.29, 0.717) is 11.9 Å². The number of rotatable bonds is 6. The first-order valence-corrected chi connectivity index (χ1v) is 10.8. The Labute approximate surface area is 161 Å². The molecule has 1 saturated carbocycles. The summed E-state index contributed by atoms with van der Waals surface area (Å²) in [6.45, 7) is 2.07. The number of aryl methyl sites for hydroxylation is 1. The maximum atomic E-state index is 5.62. The fourth-order valence-corrected chi connectivity index (χ4v) is 4.79. The number of oxazole rings is 1. The van der Waals surface area contributed by atoms with Crippen LogP contribution in [0.3, 0.4) is 0 Å². The molecule has 1 aliphatic rings. The lowest BCUT2D eigenvalue weighted by Crippen LogP contribution is -2.21. The smallest absolute Gasteiger partial charge is 0.226 e. The molecular weight excluding hydrogens is 364 g/mol. The lowest BCUT2D eigenvalue weighted by atomic mass is 9.96. The number of hydrogen-bond acceptors (Lipinski definition) is 7. The first kappa shape index (κ1) is 17.5. The van der Waals surface area contributed by atoms with E-state index in [1.807, 2.05) is 12.1 Å². The molecule has 7 heteroatoms. The average molecular weight is 387 g/mol. The minimum atomic E-state index is 0.558. The molecule has 1 fully saturated rings. The van der Waals surface area contributed by atoms with Gasteiger partial charge in [0, 0.05) is 17.4 Å². The highest BCUT2D eigenvalue weighted by atomic mass is 32.2. The third-order valence-corrected chi connectivity index (χ3v) is 6.55. The first-order chi connectivity index (χ1) is 12.8. The van der Waals surface area contributed by atoms with Crippen molar-refractivity contribution in [2.45, 2.75) is 55.2 Å². The molecule has 0 amide bonds. The molecule has 4 rings (SSSR count). The molecule has 136 valence electrons. The number of nitrogens with zero attached hydrogens (tertiary/aromatic N) is 3. The minimum Gasteiger partial charge on any atom is -0.444 e. The van der Waals surface area contributed by atoms with E-state index in [1.165, 1.54) is 37.7 Å². The fourth-order valence-electron chi connectivity index (χ4n) is 3.09. The lowest BCUT2D eigenvalue weighted by Gasteiger charge is -2.21. The van der Waals surface area contributed by atoms with Crippen LogP contribution in [0.25, 0.3) is 11.5 Å². The van der Waals surface area contributed by atoms with Crippen LogP contribution >= 0.6 is 23.1 Å². The summed E-state index contributed by atoms with van der Waals surface area (Å²) >= 11 is 3.27. The van der Waals surface area contributed by atoms with Gasteiger partial charge >= 0.3 is 0 Å². The number of hydrogen-bond donors (Lipinski definition) is 1. The average Bonchev–Trinajstić information content (AvgIpc) is 3.31. The van der Waals surface area contributed by atoms with Gasteiger partial charge in [0.25, 0.3) is 0 Å². The number of nitrogens with one attached hydrogen (secondary N) is 1. The van der Waals surface area contributed by atoms with Crippen LogP contribution in [-0.2, 0) is 5.75 Å². The molecule has 0 atom stereocenters. The third kappa shape index (κ3) is 4.45. The van der Waals surface area contributed by atoms with Crippen molar-refractivity contribution in [1.82, 2.24) is 15.2 Å². The van der Waals surface area contributed by atoms with Gasteiger partial charge in [-0.3, -0.25) is 0 Å². The third-order valence-electron chi connectivity index (χ3n) is 4.53. The standard InChI is InChI=1S/C19H22N4OS2/c1-13-7-9-14(10-8-13)17-20-16(11-24-17)12-25-19-23-22-18(26-19)21-15-5-3-2-4-6-15/h7-11,15H,2-6,12H2,1H3,(H,21,22). The van der Waals surface area contributed by atoms with E-state index < -0.39 is 0 Å². The van der Waals surface area contributed by atoms with Crippen molar-refractivity contribution in [1.29, 1.82) is 0 Å². The van der Waals surface area contributed by atoms with Crippen molar-refractivity contribution >= 4 is 28.2 Å². The highest BCUT2D eigenvalue weighted by Crippen LogP contribution is 2.30. The van der Waals surface area contributed by atoms with Crippen LogP contribution in [0.2, 0.25) is 0 Å². The van der Waals surface area contributed by atoms with E-state index in [0.717, 1.165) is 26.5 Å². The van der Waals surface area contributed by atoms with Crippen LogP contribution in [-0.4, -0.2) is 21.2 Å². The van der Waals surface area contributed by atoms with Crippen molar-refractivity contribution in [3.63, 3.8) is 0 Å². The summed E-state index contributed by atoms with van der Waals surface area (Å²) < 4.78 is 6.58. The zero-order valence-electron chi connectivity index (χ0n) is 14.8. The summed E-state index contributed by atoms with van der Waals surface area (Å²) in [5.74, 6) is 1.39. The molecule has 2 aromatic heterocycles. The maximum absolute atomic E-state index is 5.62. The monoisotopic (exact) mass is 386 g/mol. The Kier molecular flexibility index (Phi) is 5.55. The molecule has 0 unspecified atom stereocenters. The topological polar surface area (TPSA) is 63.8 Å². The molecule has 0 saturated heterocycles. The van der Waals surface area contributed by atoms with Crippen molar-refractivity contribution in [3.05, 3.63) is 41.8 Å². The van der Waals surface area contributed by atoms with Crippen molar-refractivity contribution in [2.75, 3.05) is 5.32 Å². The Bertz CT molecular complexity index is 837. The van der Waals surface area contributed by atoms with Gasteiger partial charge in [-0.25, -0.2) is 4.98 Å². The number of aromatic nitrogens is 3. The highest BCUT2D eigenvalue weighted by Gasteiger charge is 2.15. The molecule has 26 heavy (non-hydrogen) atoms. The summed E-state index contributed by atoms with van der Waals surface area (Å²) in [6, 6.07) is 8.76. The van der Waals surface area contributed by atoms with Crippen molar-refractivity contribution < 1.29 is 4.42 Å². The molecule has 3 aromatic rings. The van der Waals surface area contributed by atoms with Gasteiger partial charge in [0.1, 0.15) is 6.26 Å². The van der Waals surface area contributed by atoms with Gasteiger partial charge in [-0.15, -0.1) is 10.2 Å². The Hall–Kier alpha value is -1.86. The van der Waals surface area contributed by atoms with E-state index in [2.05, 4.69) is 39.6 Å². The Morgan fingerprint density at radius 2 is 1.96 bits per heavy atom. The molecule has 5 nitrogen and oxygen atoms in total. The summed E-state index contributed by atoms with van der Waals surface area (Å²) in [5.41, 5.74) is 3.15. The van der Waals surface area contributed by atoms with Crippen LogP contribution in [0.1, 0.15) is 43.4 Å². The van der Waals surface area contributed by atoms with E-state index in [9.17, 15) is 0 Å². The molecular formula is C19H22N4OS2. The van der Waals surface area contributed by atoms with Gasteiger partial charge in [-0.1, -0.05) is 60.1 Å². The fraction of sp³-hybridized carbons (Fsp3) is 0.421. The Morgan fingerprint density at radius 3 is 2.77 bits per heavy atom. The van der Waals surface area contributed by atoms with Crippen LogP contribution < -0.4 is 5.32 Å². The SMILES string of the molecule is Cc1ccc(-c2nc(CSc3nnc(NC4CCCCC4)s3)co2)cc1. The Morgan fingerprint density at radius 1 is 1.15 bits per heavy atom. The van der Waals surface area contributed by atoms with Crippen LogP contribution in [0.15, 0.2) is 39.3 Å². The van der Waals surface area contributed by atoms with Crippen molar-refractivity contribution in [2.24, 2.45) is 0 Å². The van der Waals surface area contributed by atoms with Gasteiger partial charge in [0.05, 0.1) is 5.69 Å². The second kappa shape index (κ2) is 8.22. The summed E-state index contributed by atoms with van der Waals surface area (Å²) in [5, 5.41) is 13.0. The molecule has 0 spiro atoms. The van der Waals surface area contributed by atoms with Gasteiger partial charge < -0.3 is 9.73 Å². The van der Waals surface area contributed by atoms with Crippen LogP contribution in [0, 0.1) is 6.92 Å². The number of thioether (sulfide) groups is 1. The summed E-state index contributed by atoms with van der Waals surface area (Å²) in [7, 11) is 0. The van der Waals surface area contributed by atoms with Gasteiger partial charge in [0.15, 0.2) is 4.34 Å². The normalized spacial score (nSPS) is 15.3. The molecule has 1 N–H and O–H groups in total. The quantitative estimate of drug-likeness (QED) is 0.561. The predicted molar refractivity (Wildman–Crippen MR) is 107 cm³/mol. The molecule has 2 heterocycles. The van der Waals surface area contributed by atoms with Crippen molar-refractivity contribution in [3.8, 4) is 11.5 Å². The van der Waals surface area contributed by atoms with Gasteiger partial charge in [0.2, 0.25) is 11.0 Å². The van der Waals surface area contributed by atoms with Crippen LogP contribution in [0.4, 0.5) is 5.13 Å². The molecule has 0 radical (unpaired) electrons. The van der Waals surface area contributed by atoms with E-state index in [1.54, 1.807) is 29.4 Å². The zero-order chi connectivity index (χ0) is 17.8. The molecule has 1 aromatic carbocycles.